The van der Waals surface area contributed by atoms with Gasteiger partial charge in [0.05, 0.1) is 18.4 Å². The van der Waals surface area contributed by atoms with Crippen molar-refractivity contribution in [3.63, 3.8) is 0 Å². The average Bonchev–Trinajstić information content (AvgIpc) is 2.93. The highest BCUT2D eigenvalue weighted by atomic mass is 16.3. The Morgan fingerprint density at radius 2 is 2.24 bits per heavy atom. The molecule has 6 heteroatoms. The molecule has 0 bridgehead atoms. The number of aromatic hydroxyl groups is 1. The maximum Gasteiger partial charge on any atom is 0.321 e. The summed E-state index contributed by atoms with van der Waals surface area (Å²) in [7, 11) is 0. The zero-order valence-electron chi connectivity index (χ0n) is 11.4. The number of hydrogen-bond donors (Lipinski definition) is 3. The minimum atomic E-state index is -0.0626. The minimum absolute atomic E-state index is 0.0626. The summed E-state index contributed by atoms with van der Waals surface area (Å²) in [5.41, 5.74) is 2.62. The number of rotatable bonds is 4. The molecular formula is C15H16N4O2. The number of aromatic nitrogens is 1. The van der Waals surface area contributed by atoms with Gasteiger partial charge in [0.15, 0.2) is 0 Å². The molecule has 6 nitrogen and oxygen atoms in total. The molecular weight excluding hydrogens is 268 g/mol. The number of hydrogen-bond acceptors (Lipinski definition) is 4. The number of anilines is 2. The number of benzene rings is 1. The SMILES string of the molecule is O=C1NCCN1c1cccc(NCc2ccc(O)cn2)c1. The third-order valence-corrected chi connectivity index (χ3v) is 3.30. The van der Waals surface area contributed by atoms with Gasteiger partial charge in [-0.25, -0.2) is 4.79 Å². The second-order valence-electron chi connectivity index (χ2n) is 4.80. The summed E-state index contributed by atoms with van der Waals surface area (Å²) >= 11 is 0. The molecule has 1 aliphatic heterocycles. The summed E-state index contributed by atoms with van der Waals surface area (Å²) < 4.78 is 0. The molecule has 2 amide bonds. The Morgan fingerprint density at radius 1 is 1.33 bits per heavy atom. The second-order valence-corrected chi connectivity index (χ2v) is 4.80. The van der Waals surface area contributed by atoms with E-state index in [0.717, 1.165) is 17.1 Å². The standard InChI is InChI=1S/C15H16N4O2/c20-14-5-4-12(18-10-14)9-17-11-2-1-3-13(8-11)19-7-6-16-15(19)21/h1-5,8,10,17,20H,6-7,9H2,(H,16,21). The highest BCUT2D eigenvalue weighted by Gasteiger charge is 2.20. The van der Waals surface area contributed by atoms with Crippen molar-refractivity contribution in [1.29, 1.82) is 0 Å². The van der Waals surface area contributed by atoms with E-state index in [-0.39, 0.29) is 11.8 Å². The Bertz CT molecular complexity index is 642. The normalized spacial score (nSPS) is 14.1. The third-order valence-electron chi connectivity index (χ3n) is 3.30. The van der Waals surface area contributed by atoms with Crippen molar-refractivity contribution in [1.82, 2.24) is 10.3 Å². The van der Waals surface area contributed by atoms with E-state index in [4.69, 9.17) is 0 Å². The minimum Gasteiger partial charge on any atom is -0.506 e. The molecule has 1 aliphatic rings. The van der Waals surface area contributed by atoms with Crippen LogP contribution in [0.4, 0.5) is 16.2 Å². The lowest BCUT2D eigenvalue weighted by molar-refractivity contribution is 0.252. The van der Waals surface area contributed by atoms with Gasteiger partial charge in [-0.05, 0) is 30.3 Å². The van der Waals surface area contributed by atoms with Crippen LogP contribution >= 0.6 is 0 Å². The van der Waals surface area contributed by atoms with Gasteiger partial charge >= 0.3 is 6.03 Å². The molecule has 1 aromatic carbocycles. The molecule has 1 fully saturated rings. The first-order chi connectivity index (χ1) is 10.2. The number of carbonyl (C=O) groups is 1. The molecule has 21 heavy (non-hydrogen) atoms. The van der Waals surface area contributed by atoms with Gasteiger partial charge in [-0.1, -0.05) is 6.07 Å². The van der Waals surface area contributed by atoms with Crippen molar-refractivity contribution < 1.29 is 9.90 Å². The molecule has 0 saturated carbocycles. The average molecular weight is 284 g/mol. The van der Waals surface area contributed by atoms with Crippen LogP contribution < -0.4 is 15.5 Å². The van der Waals surface area contributed by atoms with Crippen LogP contribution in [0.3, 0.4) is 0 Å². The molecule has 0 spiro atoms. The van der Waals surface area contributed by atoms with Crippen molar-refractivity contribution in [3.05, 3.63) is 48.3 Å². The molecule has 2 aromatic rings. The van der Waals surface area contributed by atoms with Gasteiger partial charge in [0.2, 0.25) is 0 Å². The zero-order chi connectivity index (χ0) is 14.7. The number of carbonyl (C=O) groups excluding carboxylic acids is 1. The summed E-state index contributed by atoms with van der Waals surface area (Å²) in [5.74, 6) is 0.154. The predicted octanol–water partition coefficient (Wildman–Crippen LogP) is 1.93. The van der Waals surface area contributed by atoms with Gasteiger partial charge in [-0.15, -0.1) is 0 Å². The highest BCUT2D eigenvalue weighted by molar-refractivity contribution is 5.94. The summed E-state index contributed by atoms with van der Waals surface area (Å²) in [6.07, 6.45) is 1.42. The van der Waals surface area contributed by atoms with Crippen LogP contribution in [0.2, 0.25) is 0 Å². The van der Waals surface area contributed by atoms with Crippen molar-refractivity contribution in [3.8, 4) is 5.75 Å². The summed E-state index contributed by atoms with van der Waals surface area (Å²) in [4.78, 5) is 17.5. The number of nitrogens with zero attached hydrogens (tertiary/aromatic N) is 2. The van der Waals surface area contributed by atoms with Crippen molar-refractivity contribution in [2.75, 3.05) is 23.3 Å². The molecule has 3 N–H and O–H groups in total. The Morgan fingerprint density at radius 3 is 2.95 bits per heavy atom. The molecule has 0 aliphatic carbocycles. The highest BCUT2D eigenvalue weighted by Crippen LogP contribution is 2.21. The second kappa shape index (κ2) is 5.70. The first-order valence-corrected chi connectivity index (χ1v) is 6.75. The van der Waals surface area contributed by atoms with Gasteiger partial charge in [-0.2, -0.15) is 0 Å². The van der Waals surface area contributed by atoms with E-state index in [1.54, 1.807) is 17.0 Å². The Kier molecular flexibility index (Phi) is 3.59. The molecule has 0 atom stereocenters. The Balaban J connectivity index is 1.68. The van der Waals surface area contributed by atoms with Crippen LogP contribution in [0.15, 0.2) is 42.6 Å². The number of urea groups is 1. The molecule has 3 rings (SSSR count). The molecule has 0 unspecified atom stereocenters. The summed E-state index contributed by atoms with van der Waals surface area (Å²) in [5, 5.41) is 15.2. The largest absolute Gasteiger partial charge is 0.506 e. The van der Waals surface area contributed by atoms with Crippen LogP contribution in [0.1, 0.15) is 5.69 Å². The van der Waals surface area contributed by atoms with Crippen LogP contribution in [-0.4, -0.2) is 29.2 Å². The van der Waals surface area contributed by atoms with Crippen molar-refractivity contribution >= 4 is 17.4 Å². The Hall–Kier alpha value is -2.76. The molecule has 1 aromatic heterocycles. The van der Waals surface area contributed by atoms with Crippen LogP contribution in [0, 0.1) is 0 Å². The van der Waals surface area contributed by atoms with E-state index in [1.165, 1.54) is 6.20 Å². The lowest BCUT2D eigenvalue weighted by atomic mass is 10.2. The Labute approximate surface area is 122 Å². The number of amides is 2. The monoisotopic (exact) mass is 284 g/mol. The molecule has 2 heterocycles. The molecule has 108 valence electrons. The summed E-state index contributed by atoms with van der Waals surface area (Å²) in [6, 6.07) is 11.0. The quantitative estimate of drug-likeness (QED) is 0.801. The first kappa shape index (κ1) is 13.2. The fourth-order valence-electron chi connectivity index (χ4n) is 2.22. The van der Waals surface area contributed by atoms with E-state index < -0.39 is 0 Å². The van der Waals surface area contributed by atoms with Crippen LogP contribution in [-0.2, 0) is 6.54 Å². The number of nitrogens with one attached hydrogen (secondary N) is 2. The fraction of sp³-hybridized carbons (Fsp3) is 0.200. The maximum atomic E-state index is 11.7. The van der Waals surface area contributed by atoms with Gasteiger partial charge in [0.25, 0.3) is 0 Å². The van der Waals surface area contributed by atoms with E-state index >= 15 is 0 Å². The third kappa shape index (κ3) is 3.05. The predicted molar refractivity (Wildman–Crippen MR) is 80.4 cm³/mol. The van der Waals surface area contributed by atoms with Crippen LogP contribution in [0.5, 0.6) is 5.75 Å². The lowest BCUT2D eigenvalue weighted by Crippen LogP contribution is -2.27. The van der Waals surface area contributed by atoms with Gasteiger partial charge in [-0.3, -0.25) is 9.88 Å². The van der Waals surface area contributed by atoms with E-state index in [9.17, 15) is 9.90 Å². The van der Waals surface area contributed by atoms with Gasteiger partial charge in [0.1, 0.15) is 5.75 Å². The molecule has 0 radical (unpaired) electrons. The fourth-order valence-corrected chi connectivity index (χ4v) is 2.22. The van der Waals surface area contributed by atoms with E-state index in [2.05, 4.69) is 15.6 Å². The van der Waals surface area contributed by atoms with Gasteiger partial charge < -0.3 is 15.7 Å². The van der Waals surface area contributed by atoms with Crippen molar-refractivity contribution in [2.45, 2.75) is 6.54 Å². The van der Waals surface area contributed by atoms with Crippen molar-refractivity contribution in [2.24, 2.45) is 0 Å². The number of pyridine rings is 1. The zero-order valence-corrected chi connectivity index (χ0v) is 11.4. The van der Waals surface area contributed by atoms with Gasteiger partial charge in [0, 0.05) is 24.5 Å². The van der Waals surface area contributed by atoms with Crippen LogP contribution in [0.25, 0.3) is 0 Å². The lowest BCUT2D eigenvalue weighted by Gasteiger charge is -2.15. The summed E-state index contributed by atoms with van der Waals surface area (Å²) in [6.45, 7) is 1.91. The van der Waals surface area contributed by atoms with E-state index in [1.807, 2.05) is 24.3 Å². The smallest absolute Gasteiger partial charge is 0.321 e. The maximum absolute atomic E-state index is 11.7. The first-order valence-electron chi connectivity index (χ1n) is 6.75. The molecule has 1 saturated heterocycles. The topological polar surface area (TPSA) is 77.5 Å². The van der Waals surface area contributed by atoms with E-state index in [0.29, 0.717) is 19.6 Å².